The number of nitrogens with one attached hydrogen (secondary N) is 1. The van der Waals surface area contributed by atoms with Crippen molar-refractivity contribution in [3.05, 3.63) is 29.8 Å². The molecular formula is C12H19NO. The Morgan fingerprint density at radius 3 is 2.50 bits per heavy atom. The quantitative estimate of drug-likeness (QED) is 0.794. The van der Waals surface area contributed by atoms with Crippen molar-refractivity contribution in [3.8, 4) is 5.75 Å². The van der Waals surface area contributed by atoms with Crippen LogP contribution in [0, 0.1) is 0 Å². The third kappa shape index (κ3) is 3.04. The zero-order chi connectivity index (χ0) is 10.6. The Hall–Kier alpha value is -1.02. The summed E-state index contributed by atoms with van der Waals surface area (Å²) in [5.74, 6) is 0.917. The SMILES string of the molecule is COc1cccc([C@H](C)NC(C)C)c1. The summed E-state index contributed by atoms with van der Waals surface area (Å²) in [6.45, 7) is 6.46. The number of ether oxygens (including phenoxy) is 1. The van der Waals surface area contributed by atoms with Crippen LogP contribution in [-0.4, -0.2) is 13.2 Å². The highest BCUT2D eigenvalue weighted by atomic mass is 16.5. The Morgan fingerprint density at radius 1 is 1.21 bits per heavy atom. The molecule has 1 N–H and O–H groups in total. The van der Waals surface area contributed by atoms with Gasteiger partial charge in [-0.15, -0.1) is 0 Å². The van der Waals surface area contributed by atoms with Crippen molar-refractivity contribution in [3.63, 3.8) is 0 Å². The van der Waals surface area contributed by atoms with Gasteiger partial charge in [-0.25, -0.2) is 0 Å². The van der Waals surface area contributed by atoms with Crippen LogP contribution in [0.1, 0.15) is 32.4 Å². The van der Waals surface area contributed by atoms with Crippen molar-refractivity contribution in [2.24, 2.45) is 0 Å². The van der Waals surface area contributed by atoms with E-state index in [4.69, 9.17) is 4.74 Å². The third-order valence-corrected chi connectivity index (χ3v) is 2.18. The lowest BCUT2D eigenvalue weighted by molar-refractivity contribution is 0.412. The molecule has 0 amide bonds. The summed E-state index contributed by atoms with van der Waals surface area (Å²) in [5.41, 5.74) is 1.26. The van der Waals surface area contributed by atoms with Crippen LogP contribution in [0.5, 0.6) is 5.75 Å². The Labute approximate surface area is 86.3 Å². The summed E-state index contributed by atoms with van der Waals surface area (Å²) in [7, 11) is 1.69. The predicted molar refractivity (Wildman–Crippen MR) is 59.7 cm³/mol. The first-order chi connectivity index (χ1) is 6.63. The topological polar surface area (TPSA) is 21.3 Å². The first-order valence-corrected chi connectivity index (χ1v) is 5.03. The fraction of sp³-hybridized carbons (Fsp3) is 0.500. The molecule has 1 atom stereocenters. The minimum absolute atomic E-state index is 0.366. The van der Waals surface area contributed by atoms with Crippen LogP contribution in [0.4, 0.5) is 0 Å². The van der Waals surface area contributed by atoms with Crippen molar-refractivity contribution in [2.45, 2.75) is 32.9 Å². The number of hydrogen-bond acceptors (Lipinski definition) is 2. The monoisotopic (exact) mass is 193 g/mol. The van der Waals surface area contributed by atoms with Crippen molar-refractivity contribution >= 4 is 0 Å². The largest absolute Gasteiger partial charge is 0.497 e. The van der Waals surface area contributed by atoms with E-state index < -0.39 is 0 Å². The highest BCUT2D eigenvalue weighted by Crippen LogP contribution is 2.18. The van der Waals surface area contributed by atoms with E-state index in [1.807, 2.05) is 12.1 Å². The molecule has 0 radical (unpaired) electrons. The van der Waals surface area contributed by atoms with Crippen LogP contribution < -0.4 is 10.1 Å². The van der Waals surface area contributed by atoms with Gasteiger partial charge >= 0.3 is 0 Å². The van der Waals surface area contributed by atoms with E-state index in [2.05, 4.69) is 38.2 Å². The molecule has 0 bridgehead atoms. The number of hydrogen-bond donors (Lipinski definition) is 1. The van der Waals surface area contributed by atoms with Gasteiger partial charge in [-0.2, -0.15) is 0 Å². The van der Waals surface area contributed by atoms with Crippen LogP contribution in [0.25, 0.3) is 0 Å². The molecular weight excluding hydrogens is 174 g/mol. The molecule has 0 aliphatic rings. The van der Waals surface area contributed by atoms with Crippen LogP contribution >= 0.6 is 0 Å². The summed E-state index contributed by atoms with van der Waals surface area (Å²) < 4.78 is 5.18. The second-order valence-electron chi connectivity index (χ2n) is 3.82. The Bertz CT molecular complexity index is 283. The van der Waals surface area contributed by atoms with Crippen LogP contribution in [0.15, 0.2) is 24.3 Å². The summed E-state index contributed by atoms with van der Waals surface area (Å²) in [6.07, 6.45) is 0. The average molecular weight is 193 g/mol. The van der Waals surface area contributed by atoms with Gasteiger partial charge in [-0.3, -0.25) is 0 Å². The molecule has 0 unspecified atom stereocenters. The second-order valence-corrected chi connectivity index (χ2v) is 3.82. The maximum absolute atomic E-state index is 5.18. The lowest BCUT2D eigenvalue weighted by atomic mass is 10.1. The molecule has 0 aliphatic heterocycles. The zero-order valence-electron chi connectivity index (χ0n) is 9.37. The molecule has 2 nitrogen and oxygen atoms in total. The molecule has 1 rings (SSSR count). The summed E-state index contributed by atoms with van der Waals surface area (Å²) in [6, 6.07) is 9.03. The van der Waals surface area contributed by atoms with Crippen molar-refractivity contribution in [2.75, 3.05) is 7.11 Å². The number of methoxy groups -OCH3 is 1. The molecule has 0 saturated carbocycles. The molecule has 14 heavy (non-hydrogen) atoms. The maximum atomic E-state index is 5.18. The highest BCUT2D eigenvalue weighted by molar-refractivity contribution is 5.30. The lowest BCUT2D eigenvalue weighted by Gasteiger charge is -2.17. The Morgan fingerprint density at radius 2 is 1.93 bits per heavy atom. The van der Waals surface area contributed by atoms with Gasteiger partial charge in [-0.05, 0) is 24.6 Å². The average Bonchev–Trinajstić information content (AvgIpc) is 2.17. The van der Waals surface area contributed by atoms with E-state index >= 15 is 0 Å². The Kier molecular flexibility index (Phi) is 3.96. The van der Waals surface area contributed by atoms with Crippen LogP contribution in [0.3, 0.4) is 0 Å². The molecule has 0 aromatic heterocycles. The molecule has 2 heteroatoms. The van der Waals surface area contributed by atoms with Gasteiger partial charge in [-0.1, -0.05) is 26.0 Å². The van der Waals surface area contributed by atoms with E-state index in [0.717, 1.165) is 5.75 Å². The first kappa shape index (κ1) is 11.1. The van der Waals surface area contributed by atoms with E-state index in [9.17, 15) is 0 Å². The molecule has 0 spiro atoms. The smallest absolute Gasteiger partial charge is 0.119 e. The molecule has 78 valence electrons. The van der Waals surface area contributed by atoms with Crippen LogP contribution in [-0.2, 0) is 0 Å². The van der Waals surface area contributed by atoms with Gasteiger partial charge in [0.05, 0.1) is 7.11 Å². The minimum Gasteiger partial charge on any atom is -0.497 e. The second kappa shape index (κ2) is 5.01. The van der Waals surface area contributed by atoms with E-state index in [-0.39, 0.29) is 0 Å². The van der Waals surface area contributed by atoms with Crippen molar-refractivity contribution in [1.82, 2.24) is 5.32 Å². The maximum Gasteiger partial charge on any atom is 0.119 e. The van der Waals surface area contributed by atoms with Crippen molar-refractivity contribution < 1.29 is 4.74 Å². The summed E-state index contributed by atoms with van der Waals surface area (Å²) in [5, 5.41) is 3.45. The van der Waals surface area contributed by atoms with E-state index in [0.29, 0.717) is 12.1 Å². The zero-order valence-corrected chi connectivity index (χ0v) is 9.37. The van der Waals surface area contributed by atoms with Gasteiger partial charge in [0.25, 0.3) is 0 Å². The fourth-order valence-electron chi connectivity index (χ4n) is 1.51. The van der Waals surface area contributed by atoms with Gasteiger partial charge < -0.3 is 10.1 Å². The van der Waals surface area contributed by atoms with Crippen molar-refractivity contribution in [1.29, 1.82) is 0 Å². The number of benzene rings is 1. The normalized spacial score (nSPS) is 12.9. The summed E-state index contributed by atoms with van der Waals surface area (Å²) in [4.78, 5) is 0. The molecule has 0 heterocycles. The van der Waals surface area contributed by atoms with Gasteiger partial charge in [0.2, 0.25) is 0 Å². The molecule has 1 aromatic rings. The highest BCUT2D eigenvalue weighted by Gasteiger charge is 2.06. The minimum atomic E-state index is 0.366. The van der Waals surface area contributed by atoms with Gasteiger partial charge in [0, 0.05) is 12.1 Å². The van der Waals surface area contributed by atoms with E-state index in [1.165, 1.54) is 5.56 Å². The predicted octanol–water partition coefficient (Wildman–Crippen LogP) is 2.75. The van der Waals surface area contributed by atoms with Crippen LogP contribution in [0.2, 0.25) is 0 Å². The number of rotatable bonds is 4. The Balaban J connectivity index is 2.73. The van der Waals surface area contributed by atoms with Gasteiger partial charge in [0.15, 0.2) is 0 Å². The molecule has 0 saturated heterocycles. The van der Waals surface area contributed by atoms with E-state index in [1.54, 1.807) is 7.11 Å². The molecule has 0 fully saturated rings. The lowest BCUT2D eigenvalue weighted by Crippen LogP contribution is -2.25. The third-order valence-electron chi connectivity index (χ3n) is 2.18. The van der Waals surface area contributed by atoms with Gasteiger partial charge in [0.1, 0.15) is 5.75 Å². The molecule has 1 aromatic carbocycles. The summed E-state index contributed by atoms with van der Waals surface area (Å²) >= 11 is 0. The first-order valence-electron chi connectivity index (χ1n) is 5.03. The standard InChI is InChI=1S/C12H19NO/c1-9(2)13-10(3)11-6-5-7-12(8-11)14-4/h5-10,13H,1-4H3/t10-/m0/s1. The fourth-order valence-corrected chi connectivity index (χ4v) is 1.51. The molecule has 0 aliphatic carbocycles.